The van der Waals surface area contributed by atoms with Gasteiger partial charge in [-0.2, -0.15) is 0 Å². The molecule has 0 spiro atoms. The van der Waals surface area contributed by atoms with E-state index in [0.717, 1.165) is 181 Å². The van der Waals surface area contributed by atoms with Crippen molar-refractivity contribution in [2.24, 2.45) is 94.7 Å². The summed E-state index contributed by atoms with van der Waals surface area (Å²) in [5, 5.41) is 24.6. The molecule has 0 bridgehead atoms. The third-order valence-corrected chi connectivity index (χ3v) is 25.8. The minimum atomic E-state index is 0.0637. The minimum Gasteiger partial charge on any atom is -0.359 e. The highest BCUT2D eigenvalue weighted by molar-refractivity contribution is 5.80. The molecule has 0 aromatic rings. The zero-order valence-electron chi connectivity index (χ0n) is 93.7. The van der Waals surface area contributed by atoms with Crippen molar-refractivity contribution in [3.05, 3.63) is 0 Å². The van der Waals surface area contributed by atoms with Gasteiger partial charge in [0.25, 0.3) is 0 Å². The van der Waals surface area contributed by atoms with Gasteiger partial charge in [0.2, 0.25) is 41.4 Å². The molecule has 0 radical (unpaired) electrons. The Balaban J connectivity index is -0.000000175. The molecule has 0 aromatic heterocycles. The maximum Gasteiger partial charge on any atom is 0.246 e. The second-order valence-corrected chi connectivity index (χ2v) is 36.5. The first-order valence-corrected chi connectivity index (χ1v) is 56.2. The number of carbonyl (C=O) groups excluding carboxylic acids is 7. The van der Waals surface area contributed by atoms with Crippen LogP contribution in [-0.2, 0) is 38.4 Å². The molecule has 129 heavy (non-hydrogen) atoms. The third kappa shape index (κ3) is 86.7. The summed E-state index contributed by atoms with van der Waals surface area (Å²) in [4.78, 5) is 84.2. The highest BCUT2D eigenvalue weighted by atomic mass is 16.6. The lowest BCUT2D eigenvalue weighted by Gasteiger charge is -2.26. The van der Waals surface area contributed by atoms with E-state index < -0.39 is 0 Å². The minimum absolute atomic E-state index is 0.0637. The molecule has 17 nitrogen and oxygen atoms in total. The quantitative estimate of drug-likeness (QED) is 0.0310. The smallest absolute Gasteiger partial charge is 0.246 e. The zero-order chi connectivity index (χ0) is 101. The van der Waals surface area contributed by atoms with E-state index >= 15 is 0 Å². The van der Waals surface area contributed by atoms with Crippen molar-refractivity contribution in [1.82, 2.24) is 48.0 Å². The standard InChI is InChI=1S/3C11H21NO.2C11H23N.C10H19NO2.2C10H19NO.C9H17NO.9C2H6/c3*1-3-8-12-11(13)10-6-4-9(2)5-7-10;2*1-3-12-9-8-11-6-4-10(2)5-7-11;1-3-13-11-10(12)9-6-4-8(2)5-7-9;2*1-3-10(12)11-9-6-4-8(2)5-7-9;1-7-3-5-8(6-4-7)9(11)10-2;9*1-2/h3*9-10H,3-8H2,1-2H3,(H,12,13);2*10-12H,3-9H2,1-2H3;8-9H,3-7H2,1-2H3,(H,11,12);2*8-9H,3-7H2,1-2H3,(H,11,12);7-8H,3-6H2,1-2H3,(H,10,11);9*1-2H3. The van der Waals surface area contributed by atoms with Crippen molar-refractivity contribution >= 4 is 41.4 Å². The normalized spacial score (nSPS) is 25.8. The summed E-state index contributed by atoms with van der Waals surface area (Å²) in [5.41, 5.74) is 2.48. The van der Waals surface area contributed by atoms with Crippen molar-refractivity contribution in [2.45, 2.75) is 531 Å². The molecule has 17 heteroatoms. The summed E-state index contributed by atoms with van der Waals surface area (Å²) in [6, 6.07) is 0.933. The SMILES string of the molecule is CC.CC.CC.CC.CC.CC.CC.CC.CC.CCC(=O)NC1CCC(C)CC1.CCC(=O)NC1CCC(C)CC1.CCCNC(=O)C1CCC(C)CC1.CCCNC(=O)C1CCC(C)CC1.CCCNC(=O)C1CCC(C)CC1.CCNCCC1CCC(C)CC1.CCNCCC1CCC(C)CC1.CCONC(=O)C1CCC(C)CC1.CNC(=O)C1CCC(C)CC1. The van der Waals surface area contributed by atoms with Crippen LogP contribution in [0.2, 0.25) is 0 Å². The molecule has 0 aliphatic heterocycles. The topological polar surface area (TPSA) is 237 Å². The van der Waals surface area contributed by atoms with Gasteiger partial charge in [0.15, 0.2) is 0 Å². The second kappa shape index (κ2) is 108. The van der Waals surface area contributed by atoms with E-state index in [1.165, 1.54) is 193 Å². The lowest BCUT2D eigenvalue weighted by atomic mass is 9.81. The number of carbonyl (C=O) groups is 7. The molecule has 9 saturated carbocycles. The summed E-state index contributed by atoms with van der Waals surface area (Å²) >= 11 is 0. The largest absolute Gasteiger partial charge is 0.359 e. The Morgan fingerprint density at radius 1 is 0.248 bits per heavy atom. The molecule has 0 unspecified atom stereocenters. The highest BCUT2D eigenvalue weighted by Gasteiger charge is 2.29. The van der Waals surface area contributed by atoms with E-state index in [9.17, 15) is 33.6 Å². The van der Waals surface area contributed by atoms with Crippen molar-refractivity contribution in [2.75, 3.05) is 59.5 Å². The fraction of sp³-hybridized carbons (Fsp3) is 0.938. The average molecular weight is 1840 g/mol. The molecule has 9 rings (SSSR count). The van der Waals surface area contributed by atoms with E-state index in [1.807, 2.05) is 145 Å². The summed E-state index contributed by atoms with van der Waals surface area (Å²) in [7, 11) is 1.72. The molecule has 0 atom stereocenters. The molecule has 778 valence electrons. The van der Waals surface area contributed by atoms with Crippen LogP contribution in [0.4, 0.5) is 0 Å². The van der Waals surface area contributed by atoms with Crippen LogP contribution in [-0.4, -0.2) is 113 Å². The van der Waals surface area contributed by atoms with E-state index in [2.05, 4.69) is 145 Å². The Morgan fingerprint density at radius 3 is 0.628 bits per heavy atom. The first-order chi connectivity index (χ1) is 62.3. The van der Waals surface area contributed by atoms with Crippen LogP contribution in [0, 0.1) is 94.7 Å². The van der Waals surface area contributed by atoms with Gasteiger partial charge < -0.3 is 42.5 Å². The maximum atomic E-state index is 11.6. The Hall–Kier alpha value is -3.83. The Labute approximate surface area is 807 Å². The predicted molar refractivity (Wildman–Crippen MR) is 570 cm³/mol. The van der Waals surface area contributed by atoms with Crippen molar-refractivity contribution in [1.29, 1.82) is 0 Å². The highest BCUT2D eigenvalue weighted by Crippen LogP contribution is 2.35. The molecule has 9 fully saturated rings. The van der Waals surface area contributed by atoms with Crippen molar-refractivity contribution in [3.63, 3.8) is 0 Å². The van der Waals surface area contributed by atoms with Gasteiger partial charge in [0.05, 0.1) is 6.61 Å². The lowest BCUT2D eigenvalue weighted by molar-refractivity contribution is -0.138. The van der Waals surface area contributed by atoms with E-state index in [0.29, 0.717) is 55.2 Å². The Bertz CT molecular complexity index is 2060. The number of amides is 7. The number of hydrogen-bond donors (Lipinski definition) is 9. The van der Waals surface area contributed by atoms with E-state index in [4.69, 9.17) is 4.84 Å². The summed E-state index contributed by atoms with van der Waals surface area (Å²) in [5.74, 6) is 12.9. The summed E-state index contributed by atoms with van der Waals surface area (Å²) < 4.78 is 0. The molecule has 9 aliphatic rings. The predicted octanol–water partition coefficient (Wildman–Crippen LogP) is 29.5. The Kier molecular flexibility index (Phi) is 120. The molecule has 0 saturated heterocycles. The van der Waals surface area contributed by atoms with Gasteiger partial charge in [-0.1, -0.05) is 287 Å². The number of hydrogen-bond acceptors (Lipinski definition) is 10. The van der Waals surface area contributed by atoms with Crippen LogP contribution in [0.15, 0.2) is 0 Å². The Morgan fingerprint density at radius 2 is 0.442 bits per heavy atom. The summed E-state index contributed by atoms with van der Waals surface area (Å²) in [6.07, 6.45) is 51.6. The van der Waals surface area contributed by atoms with E-state index in [1.54, 1.807) is 7.05 Å². The van der Waals surface area contributed by atoms with Gasteiger partial charge in [0, 0.05) is 81.2 Å². The molecular formula is C112H237N9O8. The molecule has 0 aromatic carbocycles. The van der Waals surface area contributed by atoms with Crippen LogP contribution < -0.4 is 48.0 Å². The van der Waals surface area contributed by atoms with Crippen LogP contribution in [0.5, 0.6) is 0 Å². The van der Waals surface area contributed by atoms with Crippen LogP contribution >= 0.6 is 0 Å². The first-order valence-electron chi connectivity index (χ1n) is 56.2. The molecule has 0 heterocycles. The second-order valence-electron chi connectivity index (χ2n) is 36.5. The molecular weight excluding hydrogens is 1600 g/mol. The fourth-order valence-electron chi connectivity index (χ4n) is 16.9. The van der Waals surface area contributed by atoms with Gasteiger partial charge >= 0.3 is 0 Å². The fourth-order valence-corrected chi connectivity index (χ4v) is 16.9. The van der Waals surface area contributed by atoms with Crippen LogP contribution in [0.1, 0.15) is 518 Å². The molecule has 9 N–H and O–H groups in total. The van der Waals surface area contributed by atoms with Gasteiger partial charge in [-0.05, 0) is 310 Å². The van der Waals surface area contributed by atoms with Crippen molar-refractivity contribution < 1.29 is 38.4 Å². The van der Waals surface area contributed by atoms with E-state index in [-0.39, 0.29) is 47.3 Å². The zero-order valence-corrected chi connectivity index (χ0v) is 93.7. The number of hydroxylamine groups is 1. The molecule has 9 aliphatic carbocycles. The van der Waals surface area contributed by atoms with Crippen LogP contribution in [0.25, 0.3) is 0 Å². The monoisotopic (exact) mass is 1840 g/mol. The lowest BCUT2D eigenvalue weighted by Crippen LogP contribution is -2.36. The number of rotatable bonds is 25. The molecule has 7 amide bonds. The van der Waals surface area contributed by atoms with Gasteiger partial charge in [-0.15, -0.1) is 0 Å². The number of nitrogens with one attached hydrogen (secondary N) is 9. The average Bonchev–Trinajstić information content (AvgIpc) is 0.904. The summed E-state index contributed by atoms with van der Waals surface area (Å²) in [6.45, 7) is 80.8. The third-order valence-electron chi connectivity index (χ3n) is 25.8. The maximum absolute atomic E-state index is 11.6. The van der Waals surface area contributed by atoms with Gasteiger partial charge in [-0.25, -0.2) is 5.48 Å². The van der Waals surface area contributed by atoms with Crippen LogP contribution in [0.3, 0.4) is 0 Å². The first kappa shape index (κ1) is 143. The van der Waals surface area contributed by atoms with Crippen molar-refractivity contribution in [3.8, 4) is 0 Å². The van der Waals surface area contributed by atoms with Gasteiger partial charge in [-0.3, -0.25) is 38.4 Å². The van der Waals surface area contributed by atoms with Gasteiger partial charge in [0.1, 0.15) is 0 Å².